The molecule has 1 atom stereocenters. The van der Waals surface area contributed by atoms with Crippen LogP contribution in [-0.2, 0) is 0 Å². The summed E-state index contributed by atoms with van der Waals surface area (Å²) in [6.45, 7) is 4.10. The molecule has 2 rings (SSSR count). The van der Waals surface area contributed by atoms with Crippen LogP contribution in [0, 0.1) is 0 Å². The van der Waals surface area contributed by atoms with Crippen molar-refractivity contribution in [1.82, 2.24) is 4.98 Å². The smallest absolute Gasteiger partial charge is 0.318 e. The standard InChI is InChI=1S/C14H15F3N2S2/c1-8(2)11-7-20-13(19-11)12(18)9-3-5-10(6-4-9)21-14(15,16)17/h3-8,12H,18H2,1-2H3. The van der Waals surface area contributed by atoms with Crippen LogP contribution in [0.1, 0.15) is 42.1 Å². The van der Waals surface area contributed by atoms with Gasteiger partial charge in [-0.3, -0.25) is 0 Å². The average Bonchev–Trinajstić information content (AvgIpc) is 2.86. The van der Waals surface area contributed by atoms with Crippen LogP contribution in [0.2, 0.25) is 0 Å². The van der Waals surface area contributed by atoms with E-state index in [9.17, 15) is 13.2 Å². The van der Waals surface area contributed by atoms with Gasteiger partial charge in [0.2, 0.25) is 0 Å². The summed E-state index contributed by atoms with van der Waals surface area (Å²) in [4.78, 5) is 4.63. The van der Waals surface area contributed by atoms with Gasteiger partial charge in [0.1, 0.15) is 5.01 Å². The lowest BCUT2D eigenvalue weighted by Gasteiger charge is -2.11. The zero-order valence-electron chi connectivity index (χ0n) is 11.5. The van der Waals surface area contributed by atoms with E-state index in [1.165, 1.54) is 23.5 Å². The number of halogens is 3. The Hall–Kier alpha value is -1.05. The minimum Gasteiger partial charge on any atom is -0.318 e. The van der Waals surface area contributed by atoms with Crippen molar-refractivity contribution < 1.29 is 13.2 Å². The summed E-state index contributed by atoms with van der Waals surface area (Å²) in [5.41, 5.74) is 3.59. The predicted molar refractivity (Wildman–Crippen MR) is 80.6 cm³/mol. The molecule has 1 aromatic heterocycles. The van der Waals surface area contributed by atoms with Gasteiger partial charge in [0, 0.05) is 10.3 Å². The van der Waals surface area contributed by atoms with Crippen LogP contribution in [0.25, 0.3) is 0 Å². The zero-order valence-corrected chi connectivity index (χ0v) is 13.1. The van der Waals surface area contributed by atoms with E-state index in [0.717, 1.165) is 16.3 Å². The minimum absolute atomic E-state index is 0.129. The molecule has 7 heteroatoms. The minimum atomic E-state index is -4.27. The quantitative estimate of drug-likeness (QED) is 0.807. The summed E-state index contributed by atoms with van der Waals surface area (Å²) in [5.74, 6) is 0.327. The van der Waals surface area contributed by atoms with Crippen molar-refractivity contribution in [3.05, 3.63) is 45.9 Å². The summed E-state index contributed by atoms with van der Waals surface area (Å²) in [6, 6.07) is 5.70. The van der Waals surface area contributed by atoms with Crippen LogP contribution in [0.4, 0.5) is 13.2 Å². The molecule has 0 aliphatic carbocycles. The van der Waals surface area contributed by atoms with Crippen LogP contribution < -0.4 is 5.73 Å². The molecule has 0 radical (unpaired) electrons. The summed E-state index contributed by atoms with van der Waals surface area (Å²) in [6.07, 6.45) is 0. The monoisotopic (exact) mass is 332 g/mol. The van der Waals surface area contributed by atoms with Gasteiger partial charge in [-0.1, -0.05) is 26.0 Å². The second kappa shape index (κ2) is 6.37. The van der Waals surface area contributed by atoms with Gasteiger partial charge in [-0.25, -0.2) is 4.98 Å². The fourth-order valence-electron chi connectivity index (χ4n) is 1.73. The SMILES string of the molecule is CC(C)c1csc(C(N)c2ccc(SC(F)(F)F)cc2)n1. The molecule has 0 spiro atoms. The van der Waals surface area contributed by atoms with E-state index in [4.69, 9.17) is 5.73 Å². The molecule has 0 saturated heterocycles. The van der Waals surface area contributed by atoms with Crippen molar-refractivity contribution in [2.75, 3.05) is 0 Å². The van der Waals surface area contributed by atoms with Crippen molar-refractivity contribution >= 4 is 23.1 Å². The van der Waals surface area contributed by atoms with Crippen molar-refractivity contribution in [3.8, 4) is 0 Å². The summed E-state index contributed by atoms with van der Waals surface area (Å²) in [5, 5.41) is 2.74. The largest absolute Gasteiger partial charge is 0.446 e. The van der Waals surface area contributed by atoms with Gasteiger partial charge in [-0.15, -0.1) is 11.3 Å². The lowest BCUT2D eigenvalue weighted by molar-refractivity contribution is -0.0328. The second-order valence-corrected chi connectivity index (χ2v) is 6.89. The Bertz CT molecular complexity index is 591. The number of benzene rings is 1. The van der Waals surface area contributed by atoms with Gasteiger partial charge < -0.3 is 5.73 Å². The molecule has 114 valence electrons. The number of thioether (sulfide) groups is 1. The van der Waals surface area contributed by atoms with Gasteiger partial charge >= 0.3 is 5.51 Å². The average molecular weight is 332 g/mol. The molecular weight excluding hydrogens is 317 g/mol. The molecule has 1 heterocycles. The molecule has 2 N–H and O–H groups in total. The van der Waals surface area contributed by atoms with Crippen molar-refractivity contribution in [3.63, 3.8) is 0 Å². The Kier molecular flexibility index (Phi) is 4.95. The van der Waals surface area contributed by atoms with Gasteiger partial charge in [-0.2, -0.15) is 13.2 Å². The molecule has 21 heavy (non-hydrogen) atoms. The Morgan fingerprint density at radius 2 is 1.81 bits per heavy atom. The van der Waals surface area contributed by atoms with Crippen LogP contribution in [0.5, 0.6) is 0 Å². The Balaban J connectivity index is 2.13. The van der Waals surface area contributed by atoms with Crippen molar-refractivity contribution in [2.45, 2.75) is 36.2 Å². The van der Waals surface area contributed by atoms with Gasteiger partial charge in [0.05, 0.1) is 11.7 Å². The number of alkyl halides is 3. The normalized spacial score (nSPS) is 13.7. The zero-order chi connectivity index (χ0) is 15.6. The Morgan fingerprint density at radius 3 is 2.29 bits per heavy atom. The van der Waals surface area contributed by atoms with Gasteiger partial charge in [0.15, 0.2) is 0 Å². The van der Waals surface area contributed by atoms with E-state index >= 15 is 0 Å². The van der Waals surface area contributed by atoms with Crippen LogP contribution in [0.3, 0.4) is 0 Å². The molecule has 0 amide bonds. The number of nitrogens with zero attached hydrogens (tertiary/aromatic N) is 1. The maximum atomic E-state index is 12.3. The molecule has 0 bridgehead atoms. The summed E-state index contributed by atoms with van der Waals surface area (Å²) in [7, 11) is 0. The summed E-state index contributed by atoms with van der Waals surface area (Å²) < 4.78 is 36.8. The third-order valence-electron chi connectivity index (χ3n) is 2.87. The molecule has 1 unspecified atom stereocenters. The third kappa shape index (κ3) is 4.46. The molecule has 0 saturated carbocycles. The van der Waals surface area contributed by atoms with Crippen LogP contribution >= 0.6 is 23.1 Å². The number of nitrogens with two attached hydrogens (primary N) is 1. The van der Waals surface area contributed by atoms with Gasteiger partial charge in [0.25, 0.3) is 0 Å². The number of hydrogen-bond acceptors (Lipinski definition) is 4. The third-order valence-corrected chi connectivity index (χ3v) is 4.56. The van der Waals surface area contributed by atoms with Crippen molar-refractivity contribution in [1.29, 1.82) is 0 Å². The molecule has 2 nitrogen and oxygen atoms in total. The molecule has 0 aliphatic rings. The highest BCUT2D eigenvalue weighted by Crippen LogP contribution is 2.37. The van der Waals surface area contributed by atoms with Crippen LogP contribution in [0.15, 0.2) is 34.5 Å². The van der Waals surface area contributed by atoms with Crippen molar-refractivity contribution in [2.24, 2.45) is 5.73 Å². The fourth-order valence-corrected chi connectivity index (χ4v) is 3.27. The fraction of sp³-hybridized carbons (Fsp3) is 0.357. The predicted octanol–water partition coefficient (Wildman–Crippen LogP) is 4.93. The number of rotatable bonds is 4. The Morgan fingerprint density at radius 1 is 1.19 bits per heavy atom. The maximum absolute atomic E-state index is 12.3. The highest BCUT2D eigenvalue weighted by Gasteiger charge is 2.29. The maximum Gasteiger partial charge on any atom is 0.446 e. The van der Waals surface area contributed by atoms with E-state index in [1.807, 2.05) is 19.2 Å². The van der Waals surface area contributed by atoms with E-state index in [0.29, 0.717) is 5.92 Å². The molecule has 1 aromatic carbocycles. The topological polar surface area (TPSA) is 38.9 Å². The van der Waals surface area contributed by atoms with Gasteiger partial charge in [-0.05, 0) is 35.4 Å². The lowest BCUT2D eigenvalue weighted by Crippen LogP contribution is -2.11. The van der Waals surface area contributed by atoms with E-state index in [1.54, 1.807) is 12.1 Å². The number of aromatic nitrogens is 1. The molecule has 0 aliphatic heterocycles. The second-order valence-electron chi connectivity index (χ2n) is 4.86. The summed E-state index contributed by atoms with van der Waals surface area (Å²) >= 11 is 1.34. The van der Waals surface area contributed by atoms with E-state index in [2.05, 4.69) is 4.98 Å². The first-order chi connectivity index (χ1) is 9.76. The first kappa shape index (κ1) is 16.3. The van der Waals surface area contributed by atoms with Crippen LogP contribution in [-0.4, -0.2) is 10.5 Å². The lowest BCUT2D eigenvalue weighted by atomic mass is 10.1. The Labute approximate surface area is 129 Å². The number of thiazole rings is 1. The first-order valence-corrected chi connectivity index (χ1v) is 8.02. The number of hydrogen-bond donors (Lipinski definition) is 1. The van der Waals surface area contributed by atoms with E-state index < -0.39 is 11.6 Å². The van der Waals surface area contributed by atoms with E-state index in [-0.39, 0.29) is 16.7 Å². The molecule has 0 fully saturated rings. The highest BCUT2D eigenvalue weighted by molar-refractivity contribution is 8.00. The molecular formula is C14H15F3N2S2. The first-order valence-electron chi connectivity index (χ1n) is 6.33. The highest BCUT2D eigenvalue weighted by atomic mass is 32.2. The molecule has 2 aromatic rings.